The minimum Gasteiger partial charge on any atom is -0.465 e. The van der Waals surface area contributed by atoms with Gasteiger partial charge in [-0.05, 0) is 36.8 Å². The smallest absolute Gasteiger partial charge is 0.337 e. The molecule has 7 heteroatoms. The van der Waals surface area contributed by atoms with E-state index < -0.39 is 22.0 Å². The van der Waals surface area contributed by atoms with Crippen LogP contribution in [0, 0.1) is 0 Å². The van der Waals surface area contributed by atoms with Crippen LogP contribution < -0.4 is 4.72 Å². The lowest BCUT2D eigenvalue weighted by Gasteiger charge is -2.16. The molecule has 0 heterocycles. The number of sulfonamides is 1. The molecule has 5 nitrogen and oxygen atoms in total. The number of hydrogen-bond acceptors (Lipinski definition) is 4. The van der Waals surface area contributed by atoms with Gasteiger partial charge in [-0.3, -0.25) is 0 Å². The number of carbonyl (C=O) groups is 1. The van der Waals surface area contributed by atoms with Crippen molar-refractivity contribution in [2.24, 2.45) is 0 Å². The molecule has 0 saturated heterocycles. The van der Waals surface area contributed by atoms with Crippen molar-refractivity contribution in [2.45, 2.75) is 17.9 Å². The molecule has 0 amide bonds. The first-order valence-corrected chi connectivity index (χ1v) is 9.08. The van der Waals surface area contributed by atoms with Gasteiger partial charge in [-0.1, -0.05) is 40.2 Å². The highest BCUT2D eigenvalue weighted by atomic mass is 79.9. The Bertz CT molecular complexity index is 820. The topological polar surface area (TPSA) is 72.5 Å². The Labute approximate surface area is 143 Å². The third-order valence-electron chi connectivity index (χ3n) is 3.27. The van der Waals surface area contributed by atoms with Crippen molar-refractivity contribution in [1.29, 1.82) is 0 Å². The number of halogens is 1. The van der Waals surface area contributed by atoms with Gasteiger partial charge in [0.05, 0.1) is 17.6 Å². The molecule has 2 aromatic rings. The normalized spacial score (nSPS) is 12.7. The Kier molecular flexibility index (Phi) is 5.56. The quantitative estimate of drug-likeness (QED) is 0.785. The predicted octanol–water partition coefficient (Wildman–Crippen LogP) is 3.28. The molecule has 1 unspecified atom stereocenters. The largest absolute Gasteiger partial charge is 0.465 e. The Balaban J connectivity index is 2.29. The lowest BCUT2D eigenvalue weighted by Crippen LogP contribution is -2.27. The van der Waals surface area contributed by atoms with Crippen molar-refractivity contribution in [3.05, 3.63) is 64.1 Å². The van der Waals surface area contributed by atoms with E-state index in [4.69, 9.17) is 0 Å². The summed E-state index contributed by atoms with van der Waals surface area (Å²) in [5.41, 5.74) is 1.00. The molecule has 2 aromatic carbocycles. The summed E-state index contributed by atoms with van der Waals surface area (Å²) in [5.74, 6) is -0.582. The third kappa shape index (κ3) is 4.19. The fourth-order valence-electron chi connectivity index (χ4n) is 2.10. The van der Waals surface area contributed by atoms with Crippen molar-refractivity contribution in [2.75, 3.05) is 7.11 Å². The van der Waals surface area contributed by atoms with Gasteiger partial charge in [-0.15, -0.1) is 0 Å². The Morgan fingerprint density at radius 1 is 1.17 bits per heavy atom. The van der Waals surface area contributed by atoms with Crippen molar-refractivity contribution < 1.29 is 17.9 Å². The van der Waals surface area contributed by atoms with Crippen LogP contribution in [0.25, 0.3) is 0 Å². The summed E-state index contributed by atoms with van der Waals surface area (Å²) >= 11 is 3.40. The number of rotatable bonds is 5. The van der Waals surface area contributed by atoms with Crippen molar-refractivity contribution >= 4 is 31.9 Å². The standard InChI is InChI=1S/C16H16BrNO4S/c1-11(14-8-3-4-9-15(14)17)18-23(20,21)13-7-5-6-12(10-13)16(19)22-2/h3-11,18H,1-2H3. The number of ether oxygens (including phenoxy) is 1. The summed E-state index contributed by atoms with van der Waals surface area (Å²) in [6.07, 6.45) is 0. The van der Waals surface area contributed by atoms with Gasteiger partial charge in [0.2, 0.25) is 10.0 Å². The predicted molar refractivity (Wildman–Crippen MR) is 90.7 cm³/mol. The van der Waals surface area contributed by atoms with Crippen LogP contribution in [0.1, 0.15) is 28.9 Å². The van der Waals surface area contributed by atoms with E-state index >= 15 is 0 Å². The van der Waals surface area contributed by atoms with Crippen LogP contribution in [0.3, 0.4) is 0 Å². The Morgan fingerprint density at radius 2 is 1.87 bits per heavy atom. The molecule has 0 aromatic heterocycles. The second-order valence-electron chi connectivity index (χ2n) is 4.88. The second kappa shape index (κ2) is 7.25. The van der Waals surface area contributed by atoms with E-state index in [2.05, 4.69) is 25.4 Å². The number of methoxy groups -OCH3 is 1. The van der Waals surface area contributed by atoms with E-state index in [1.54, 1.807) is 6.92 Å². The summed E-state index contributed by atoms with van der Waals surface area (Å²) in [6, 6.07) is 12.7. The maximum Gasteiger partial charge on any atom is 0.337 e. The van der Waals surface area contributed by atoms with Gasteiger partial charge in [0, 0.05) is 10.5 Å². The average Bonchev–Trinajstić information content (AvgIpc) is 2.54. The molecule has 23 heavy (non-hydrogen) atoms. The van der Waals surface area contributed by atoms with E-state index in [0.29, 0.717) is 0 Å². The molecule has 0 bridgehead atoms. The highest BCUT2D eigenvalue weighted by Crippen LogP contribution is 2.24. The van der Waals surface area contributed by atoms with Crippen molar-refractivity contribution in [3.63, 3.8) is 0 Å². The maximum atomic E-state index is 12.5. The molecule has 2 rings (SSSR count). The summed E-state index contributed by atoms with van der Waals surface area (Å²) in [6.45, 7) is 1.75. The molecule has 0 radical (unpaired) electrons. The van der Waals surface area contributed by atoms with Gasteiger partial charge in [0.15, 0.2) is 0 Å². The molecule has 1 atom stereocenters. The molecular weight excluding hydrogens is 382 g/mol. The zero-order chi connectivity index (χ0) is 17.0. The summed E-state index contributed by atoms with van der Waals surface area (Å²) in [5, 5.41) is 0. The lowest BCUT2D eigenvalue weighted by atomic mass is 10.1. The number of benzene rings is 2. The molecule has 122 valence electrons. The zero-order valence-electron chi connectivity index (χ0n) is 12.6. The highest BCUT2D eigenvalue weighted by molar-refractivity contribution is 9.10. The number of esters is 1. The van der Waals surface area contributed by atoms with Crippen LogP contribution >= 0.6 is 15.9 Å². The minimum absolute atomic E-state index is 0.0132. The van der Waals surface area contributed by atoms with Crippen molar-refractivity contribution in [1.82, 2.24) is 4.72 Å². The molecule has 0 aliphatic carbocycles. The van der Waals surface area contributed by atoms with Crippen LogP contribution in [-0.2, 0) is 14.8 Å². The first-order chi connectivity index (χ1) is 10.8. The fraction of sp³-hybridized carbons (Fsp3) is 0.188. The maximum absolute atomic E-state index is 12.5. The third-order valence-corrected chi connectivity index (χ3v) is 5.53. The van der Waals surface area contributed by atoms with E-state index in [1.165, 1.54) is 31.4 Å². The van der Waals surface area contributed by atoms with Crippen LogP contribution in [0.4, 0.5) is 0 Å². The van der Waals surface area contributed by atoms with Gasteiger partial charge in [-0.25, -0.2) is 17.9 Å². The summed E-state index contributed by atoms with van der Waals surface area (Å²) in [7, 11) is -2.52. The SMILES string of the molecule is COC(=O)c1cccc(S(=O)(=O)NC(C)c2ccccc2Br)c1. The van der Waals surface area contributed by atoms with Crippen LogP contribution in [-0.4, -0.2) is 21.5 Å². The first kappa shape index (κ1) is 17.7. The number of carbonyl (C=O) groups excluding carboxylic acids is 1. The van der Waals surface area contributed by atoms with Gasteiger partial charge in [0.1, 0.15) is 0 Å². The van der Waals surface area contributed by atoms with Crippen LogP contribution in [0.2, 0.25) is 0 Å². The molecule has 0 aliphatic heterocycles. The van der Waals surface area contributed by atoms with Crippen LogP contribution in [0.15, 0.2) is 57.9 Å². The number of hydrogen-bond donors (Lipinski definition) is 1. The Morgan fingerprint density at radius 3 is 2.52 bits per heavy atom. The van der Waals surface area contributed by atoms with E-state index in [-0.39, 0.29) is 10.5 Å². The minimum atomic E-state index is -3.77. The summed E-state index contributed by atoms with van der Waals surface area (Å²) in [4.78, 5) is 11.6. The van der Waals surface area contributed by atoms with E-state index in [1.807, 2.05) is 24.3 Å². The van der Waals surface area contributed by atoms with Gasteiger partial charge in [0.25, 0.3) is 0 Å². The highest BCUT2D eigenvalue weighted by Gasteiger charge is 2.20. The monoisotopic (exact) mass is 397 g/mol. The van der Waals surface area contributed by atoms with Gasteiger partial charge in [-0.2, -0.15) is 0 Å². The molecular formula is C16H16BrNO4S. The number of nitrogens with one attached hydrogen (secondary N) is 1. The average molecular weight is 398 g/mol. The van der Waals surface area contributed by atoms with E-state index in [0.717, 1.165) is 10.0 Å². The van der Waals surface area contributed by atoms with Crippen LogP contribution in [0.5, 0.6) is 0 Å². The van der Waals surface area contributed by atoms with Gasteiger partial charge < -0.3 is 4.74 Å². The molecule has 0 aliphatic rings. The van der Waals surface area contributed by atoms with E-state index in [9.17, 15) is 13.2 Å². The second-order valence-corrected chi connectivity index (χ2v) is 7.45. The summed E-state index contributed by atoms with van der Waals surface area (Å²) < 4.78 is 33.1. The molecule has 0 saturated carbocycles. The van der Waals surface area contributed by atoms with Gasteiger partial charge >= 0.3 is 5.97 Å². The fourth-order valence-corrected chi connectivity index (χ4v) is 4.00. The lowest BCUT2D eigenvalue weighted by molar-refractivity contribution is 0.0600. The van der Waals surface area contributed by atoms with Crippen molar-refractivity contribution in [3.8, 4) is 0 Å². The Hall–Kier alpha value is -1.70. The molecule has 0 spiro atoms. The molecule has 0 fully saturated rings. The first-order valence-electron chi connectivity index (χ1n) is 6.80. The zero-order valence-corrected chi connectivity index (χ0v) is 15.0. The molecule has 1 N–H and O–H groups in total.